The molecule has 1 fully saturated rings. The Labute approximate surface area is 106 Å². The average Bonchev–Trinajstić information content (AvgIpc) is 2.97. The van der Waals surface area contributed by atoms with Gasteiger partial charge < -0.3 is 4.74 Å². The van der Waals surface area contributed by atoms with Gasteiger partial charge in [-0.2, -0.15) is 5.06 Å². The third-order valence-corrected chi connectivity index (χ3v) is 4.17. The number of benzene rings is 1. The number of hydrogen-bond donors (Lipinski definition) is 0. The maximum Gasteiger partial charge on any atom is 0.261 e. The molecule has 0 unspecified atom stereocenters. The van der Waals surface area contributed by atoms with Gasteiger partial charge in [0, 0.05) is 6.07 Å². The van der Waals surface area contributed by atoms with E-state index in [9.17, 15) is 4.79 Å². The fourth-order valence-corrected chi connectivity index (χ4v) is 3.27. The second-order valence-electron chi connectivity index (χ2n) is 4.95. The predicted octanol–water partition coefficient (Wildman–Crippen LogP) is 2.42. The van der Waals surface area contributed by atoms with E-state index in [1.165, 1.54) is 12.2 Å². The lowest BCUT2D eigenvalue weighted by atomic mass is 9.80. The first-order valence-electron chi connectivity index (χ1n) is 6.30. The molecule has 0 saturated heterocycles. The molecule has 1 aromatic carbocycles. The van der Waals surface area contributed by atoms with Crippen molar-refractivity contribution in [1.82, 2.24) is 0 Å². The molecule has 0 N–H and O–H groups in total. The molecule has 4 nitrogen and oxygen atoms in total. The number of methoxy groups -OCH3 is 1. The van der Waals surface area contributed by atoms with Crippen molar-refractivity contribution in [3.05, 3.63) is 23.8 Å². The van der Waals surface area contributed by atoms with Crippen LogP contribution in [0.5, 0.6) is 5.75 Å². The Morgan fingerprint density at radius 1 is 1.22 bits per heavy atom. The number of anilines is 1. The lowest BCUT2D eigenvalue weighted by Gasteiger charge is -2.21. The summed E-state index contributed by atoms with van der Waals surface area (Å²) in [5, 5.41) is 1.42. The van der Waals surface area contributed by atoms with E-state index in [1.54, 1.807) is 7.11 Å². The molecule has 2 aliphatic rings. The number of carbonyl (C=O) groups excluding carboxylic acids is 1. The summed E-state index contributed by atoms with van der Waals surface area (Å²) in [6, 6.07) is 5.81. The van der Waals surface area contributed by atoms with Gasteiger partial charge in [0.1, 0.15) is 5.75 Å². The van der Waals surface area contributed by atoms with E-state index in [2.05, 4.69) is 0 Å². The Hall–Kier alpha value is -1.55. The van der Waals surface area contributed by atoms with Gasteiger partial charge in [-0.05, 0) is 24.5 Å². The minimum atomic E-state index is -0.350. The number of nitrogens with zero attached hydrogens (tertiary/aromatic N) is 1. The highest BCUT2D eigenvalue weighted by atomic mass is 16.7. The molecule has 1 aliphatic heterocycles. The normalized spacial score (nSPS) is 20.6. The van der Waals surface area contributed by atoms with Gasteiger partial charge in [0.15, 0.2) is 0 Å². The molecule has 0 atom stereocenters. The summed E-state index contributed by atoms with van der Waals surface area (Å²) >= 11 is 0. The first kappa shape index (κ1) is 11.5. The number of carbonyl (C=O) groups is 1. The molecule has 1 heterocycles. The first-order valence-corrected chi connectivity index (χ1v) is 6.30. The van der Waals surface area contributed by atoms with Crippen LogP contribution in [0, 0.1) is 0 Å². The second-order valence-corrected chi connectivity index (χ2v) is 4.95. The molecule has 1 spiro atoms. The van der Waals surface area contributed by atoms with Crippen LogP contribution >= 0.6 is 0 Å². The molecule has 0 bridgehead atoms. The zero-order valence-electron chi connectivity index (χ0n) is 10.7. The minimum Gasteiger partial charge on any atom is -0.497 e. The summed E-state index contributed by atoms with van der Waals surface area (Å²) in [6.07, 6.45) is 4.06. The lowest BCUT2D eigenvalue weighted by molar-refractivity contribution is -0.128. The average molecular weight is 247 g/mol. The van der Waals surface area contributed by atoms with Gasteiger partial charge >= 0.3 is 0 Å². The molecule has 96 valence electrons. The topological polar surface area (TPSA) is 38.8 Å². The van der Waals surface area contributed by atoms with E-state index >= 15 is 0 Å². The van der Waals surface area contributed by atoms with Gasteiger partial charge in [-0.1, -0.05) is 18.9 Å². The zero-order valence-corrected chi connectivity index (χ0v) is 10.7. The summed E-state index contributed by atoms with van der Waals surface area (Å²) in [5.41, 5.74) is 1.58. The van der Waals surface area contributed by atoms with Crippen LogP contribution in [0.15, 0.2) is 18.2 Å². The number of amides is 1. The van der Waals surface area contributed by atoms with Crippen LogP contribution in [-0.4, -0.2) is 20.1 Å². The number of hydrogen-bond acceptors (Lipinski definition) is 3. The molecular weight excluding hydrogens is 230 g/mol. The standard InChI is InChI=1S/C14H17NO3/c1-17-10-5-6-11-12(9-10)15(18-2)13(16)14(11)7-3-4-8-14/h5-6,9H,3-4,7-8H2,1-2H3. The van der Waals surface area contributed by atoms with E-state index < -0.39 is 0 Å². The van der Waals surface area contributed by atoms with E-state index in [1.807, 2.05) is 18.2 Å². The van der Waals surface area contributed by atoms with Gasteiger partial charge in [-0.25, -0.2) is 0 Å². The summed E-state index contributed by atoms with van der Waals surface area (Å²) in [6.45, 7) is 0. The fourth-order valence-electron chi connectivity index (χ4n) is 3.27. The third kappa shape index (κ3) is 1.32. The van der Waals surface area contributed by atoms with Crippen molar-refractivity contribution in [2.24, 2.45) is 0 Å². The smallest absolute Gasteiger partial charge is 0.261 e. The number of ether oxygens (including phenoxy) is 1. The zero-order chi connectivity index (χ0) is 12.8. The molecular formula is C14H17NO3. The fraction of sp³-hybridized carbons (Fsp3) is 0.500. The Morgan fingerprint density at radius 2 is 1.94 bits per heavy atom. The largest absolute Gasteiger partial charge is 0.497 e. The van der Waals surface area contributed by atoms with Crippen molar-refractivity contribution in [3.63, 3.8) is 0 Å². The molecule has 4 heteroatoms. The van der Waals surface area contributed by atoms with Gasteiger partial charge in [0.2, 0.25) is 0 Å². The highest BCUT2D eigenvalue weighted by Gasteiger charge is 2.52. The number of rotatable bonds is 2. The maximum absolute atomic E-state index is 12.6. The Balaban J connectivity index is 2.16. The molecule has 0 aromatic heterocycles. The first-order chi connectivity index (χ1) is 8.73. The predicted molar refractivity (Wildman–Crippen MR) is 67.6 cm³/mol. The van der Waals surface area contributed by atoms with Crippen molar-refractivity contribution in [2.45, 2.75) is 31.1 Å². The van der Waals surface area contributed by atoms with Crippen molar-refractivity contribution in [2.75, 3.05) is 19.3 Å². The summed E-state index contributed by atoms with van der Waals surface area (Å²) in [5.74, 6) is 0.824. The SMILES string of the molecule is COc1ccc2c(c1)N(OC)C(=O)C21CCCC1. The van der Waals surface area contributed by atoms with Gasteiger partial charge in [0.05, 0.1) is 25.3 Å². The van der Waals surface area contributed by atoms with Crippen molar-refractivity contribution in [3.8, 4) is 5.75 Å². The van der Waals surface area contributed by atoms with Crippen LogP contribution in [0.2, 0.25) is 0 Å². The second kappa shape index (κ2) is 3.99. The van der Waals surface area contributed by atoms with Crippen LogP contribution in [0.25, 0.3) is 0 Å². The van der Waals surface area contributed by atoms with E-state index in [4.69, 9.17) is 9.57 Å². The third-order valence-electron chi connectivity index (χ3n) is 4.17. The van der Waals surface area contributed by atoms with Crippen molar-refractivity contribution in [1.29, 1.82) is 0 Å². The van der Waals surface area contributed by atoms with Crippen LogP contribution in [-0.2, 0) is 15.0 Å². The van der Waals surface area contributed by atoms with Crippen LogP contribution in [0.4, 0.5) is 5.69 Å². The lowest BCUT2D eigenvalue weighted by Crippen LogP contribution is -2.37. The molecule has 0 radical (unpaired) electrons. The summed E-state index contributed by atoms with van der Waals surface area (Å²) in [4.78, 5) is 17.8. The Morgan fingerprint density at radius 3 is 2.56 bits per heavy atom. The quantitative estimate of drug-likeness (QED) is 0.805. The molecule has 1 amide bonds. The van der Waals surface area contributed by atoms with E-state index in [0.29, 0.717) is 0 Å². The Bertz CT molecular complexity index is 492. The van der Waals surface area contributed by atoms with Crippen molar-refractivity contribution < 1.29 is 14.4 Å². The Kier molecular flexibility index (Phi) is 2.55. The maximum atomic E-state index is 12.6. The van der Waals surface area contributed by atoms with Crippen LogP contribution < -0.4 is 9.80 Å². The summed E-state index contributed by atoms with van der Waals surface area (Å²) < 4.78 is 5.23. The molecule has 1 saturated carbocycles. The number of fused-ring (bicyclic) bond motifs is 2. The molecule has 3 rings (SSSR count). The van der Waals surface area contributed by atoms with Gasteiger partial charge in [0.25, 0.3) is 5.91 Å². The monoisotopic (exact) mass is 247 g/mol. The minimum absolute atomic E-state index is 0.0748. The number of hydroxylamine groups is 1. The van der Waals surface area contributed by atoms with Crippen LogP contribution in [0.3, 0.4) is 0 Å². The van der Waals surface area contributed by atoms with E-state index in [-0.39, 0.29) is 11.3 Å². The van der Waals surface area contributed by atoms with E-state index in [0.717, 1.165) is 42.7 Å². The molecule has 1 aromatic rings. The highest BCUT2D eigenvalue weighted by molar-refractivity contribution is 6.07. The molecule has 18 heavy (non-hydrogen) atoms. The molecule has 1 aliphatic carbocycles. The van der Waals surface area contributed by atoms with Gasteiger partial charge in [-0.3, -0.25) is 9.63 Å². The van der Waals surface area contributed by atoms with Gasteiger partial charge in [-0.15, -0.1) is 0 Å². The highest BCUT2D eigenvalue weighted by Crippen LogP contribution is 2.52. The van der Waals surface area contributed by atoms with Crippen molar-refractivity contribution >= 4 is 11.6 Å². The van der Waals surface area contributed by atoms with Crippen LogP contribution in [0.1, 0.15) is 31.2 Å². The summed E-state index contributed by atoms with van der Waals surface area (Å²) in [7, 11) is 3.16.